The summed E-state index contributed by atoms with van der Waals surface area (Å²) in [6.45, 7) is 5.81. The van der Waals surface area contributed by atoms with Gasteiger partial charge in [0.05, 0.1) is 0 Å². The monoisotopic (exact) mass is 565 g/mol. The number of anilines is 1. The van der Waals surface area contributed by atoms with Gasteiger partial charge >= 0.3 is 0 Å². The summed E-state index contributed by atoms with van der Waals surface area (Å²) in [5.74, 6) is 0.803. The molecule has 6 nitrogen and oxygen atoms in total. The largest absolute Gasteiger partial charge is 0.368 e. The van der Waals surface area contributed by atoms with E-state index in [4.69, 9.17) is 0 Å². The number of guanidine groups is 1. The molecule has 0 aliphatic carbocycles. The van der Waals surface area contributed by atoms with Crippen LogP contribution in [0.3, 0.4) is 0 Å². The quantitative estimate of drug-likeness (QED) is 0.347. The molecule has 2 aromatic rings. The Morgan fingerprint density at radius 2 is 1.52 bits per heavy atom. The van der Waals surface area contributed by atoms with Gasteiger partial charge in [0.2, 0.25) is 0 Å². The molecule has 2 heterocycles. The first kappa shape index (κ1) is 25.3. The van der Waals surface area contributed by atoms with Gasteiger partial charge in [0.15, 0.2) is 5.96 Å². The third kappa shape index (κ3) is 6.59. The van der Waals surface area contributed by atoms with Crippen molar-refractivity contribution in [3.8, 4) is 0 Å². The van der Waals surface area contributed by atoms with Crippen LogP contribution in [-0.4, -0.2) is 68.0 Å². The van der Waals surface area contributed by atoms with Crippen LogP contribution in [0.1, 0.15) is 35.2 Å². The molecule has 0 saturated carbocycles. The fraction of sp³-hybridized carbons (Fsp3) is 0.440. The number of piperazine rings is 1. The van der Waals surface area contributed by atoms with Crippen LogP contribution in [0.4, 0.5) is 10.1 Å². The molecule has 2 aliphatic rings. The summed E-state index contributed by atoms with van der Waals surface area (Å²) < 4.78 is 13.2. The van der Waals surface area contributed by atoms with Crippen molar-refractivity contribution in [2.75, 3.05) is 51.2 Å². The number of carbonyl (C=O) groups excluding carboxylic acids is 1. The molecular formula is C25H33FIN5O. The molecule has 33 heavy (non-hydrogen) atoms. The number of halogens is 2. The van der Waals surface area contributed by atoms with Gasteiger partial charge in [-0.3, -0.25) is 9.79 Å². The van der Waals surface area contributed by atoms with Crippen molar-refractivity contribution in [3.63, 3.8) is 0 Å². The number of piperidine rings is 1. The van der Waals surface area contributed by atoms with Crippen LogP contribution >= 0.6 is 24.0 Å². The maximum Gasteiger partial charge on any atom is 0.253 e. The molecule has 0 bridgehead atoms. The summed E-state index contributed by atoms with van der Waals surface area (Å²) >= 11 is 0. The number of nitrogens with one attached hydrogen (secondary N) is 1. The van der Waals surface area contributed by atoms with E-state index in [1.54, 1.807) is 7.05 Å². The molecule has 0 radical (unpaired) electrons. The molecule has 2 fully saturated rings. The van der Waals surface area contributed by atoms with Crippen molar-refractivity contribution in [1.29, 1.82) is 0 Å². The fourth-order valence-electron chi connectivity index (χ4n) is 4.39. The normalized spacial score (nSPS) is 16.9. The molecular weight excluding hydrogens is 532 g/mol. The van der Waals surface area contributed by atoms with E-state index in [0.29, 0.717) is 6.54 Å². The molecule has 4 rings (SSSR count). The molecule has 2 saturated heterocycles. The standard InChI is InChI=1S/C25H32FN5O.HI/c1-27-25(31-17-15-29(16-18-31)23-11-9-22(26)10-12-23)28-19-20-5-7-21(8-6-20)24(32)30-13-3-2-4-14-30;/h5-12H,2-4,13-19H2,1H3,(H,27,28);1H. The van der Waals surface area contributed by atoms with Crippen LogP contribution in [0.15, 0.2) is 53.5 Å². The second-order valence-corrected chi connectivity index (χ2v) is 8.40. The minimum atomic E-state index is -0.208. The summed E-state index contributed by atoms with van der Waals surface area (Å²) in [4.78, 5) is 23.6. The van der Waals surface area contributed by atoms with Gasteiger partial charge in [-0.1, -0.05) is 12.1 Å². The number of carbonyl (C=O) groups is 1. The molecule has 1 N–H and O–H groups in total. The summed E-state index contributed by atoms with van der Waals surface area (Å²) in [6.07, 6.45) is 3.42. The third-order valence-corrected chi connectivity index (χ3v) is 6.28. The number of rotatable bonds is 4. The maximum atomic E-state index is 13.2. The van der Waals surface area contributed by atoms with E-state index in [9.17, 15) is 9.18 Å². The molecule has 2 aliphatic heterocycles. The van der Waals surface area contributed by atoms with E-state index in [1.807, 2.05) is 41.3 Å². The van der Waals surface area contributed by atoms with Gasteiger partial charge in [0.1, 0.15) is 5.82 Å². The lowest BCUT2D eigenvalue weighted by Gasteiger charge is -2.37. The molecule has 1 amide bonds. The molecule has 0 atom stereocenters. The van der Waals surface area contributed by atoms with E-state index >= 15 is 0 Å². The number of benzene rings is 2. The summed E-state index contributed by atoms with van der Waals surface area (Å²) in [5, 5.41) is 3.44. The summed E-state index contributed by atoms with van der Waals surface area (Å²) in [7, 11) is 1.80. The first-order valence-electron chi connectivity index (χ1n) is 11.5. The zero-order valence-corrected chi connectivity index (χ0v) is 21.5. The van der Waals surface area contributed by atoms with Crippen LogP contribution in [-0.2, 0) is 6.54 Å². The summed E-state index contributed by atoms with van der Waals surface area (Å²) in [6, 6.07) is 14.6. The van der Waals surface area contributed by atoms with E-state index < -0.39 is 0 Å². The third-order valence-electron chi connectivity index (χ3n) is 6.28. The predicted octanol–water partition coefficient (Wildman–Crippen LogP) is 3.97. The van der Waals surface area contributed by atoms with E-state index in [2.05, 4.69) is 20.1 Å². The van der Waals surface area contributed by atoms with Gasteiger partial charge in [-0.05, 0) is 61.2 Å². The second kappa shape index (κ2) is 12.2. The average Bonchev–Trinajstić information content (AvgIpc) is 2.86. The summed E-state index contributed by atoms with van der Waals surface area (Å²) in [5.41, 5.74) is 2.93. The van der Waals surface area contributed by atoms with Gasteiger partial charge < -0.3 is 20.0 Å². The van der Waals surface area contributed by atoms with Crippen molar-refractivity contribution >= 4 is 41.5 Å². The Labute approximate surface area is 212 Å². The highest BCUT2D eigenvalue weighted by Gasteiger charge is 2.20. The van der Waals surface area contributed by atoms with Crippen molar-refractivity contribution in [2.24, 2.45) is 4.99 Å². The molecule has 178 valence electrons. The van der Waals surface area contributed by atoms with E-state index in [-0.39, 0.29) is 35.7 Å². The van der Waals surface area contributed by atoms with E-state index in [0.717, 1.165) is 74.9 Å². The number of likely N-dealkylation sites (tertiary alicyclic amines) is 1. The lowest BCUT2D eigenvalue weighted by molar-refractivity contribution is 0.0724. The Kier molecular flexibility index (Phi) is 9.34. The lowest BCUT2D eigenvalue weighted by atomic mass is 10.1. The second-order valence-electron chi connectivity index (χ2n) is 8.40. The fourth-order valence-corrected chi connectivity index (χ4v) is 4.39. The van der Waals surface area contributed by atoms with Crippen molar-refractivity contribution in [3.05, 3.63) is 65.5 Å². The average molecular weight is 565 g/mol. The Bertz CT molecular complexity index is 921. The Balaban J connectivity index is 0.00000306. The topological polar surface area (TPSA) is 51.2 Å². The molecule has 0 aromatic heterocycles. The minimum Gasteiger partial charge on any atom is -0.368 e. The van der Waals surface area contributed by atoms with Crippen molar-refractivity contribution < 1.29 is 9.18 Å². The number of amides is 1. The number of nitrogens with zero attached hydrogens (tertiary/aromatic N) is 4. The molecule has 2 aromatic carbocycles. The van der Waals surface area contributed by atoms with Crippen molar-refractivity contribution in [1.82, 2.24) is 15.1 Å². The van der Waals surface area contributed by atoms with Gasteiger partial charge in [0, 0.05) is 64.1 Å². The molecule has 0 unspecified atom stereocenters. The molecule has 8 heteroatoms. The highest BCUT2D eigenvalue weighted by molar-refractivity contribution is 14.0. The van der Waals surface area contributed by atoms with Gasteiger partial charge in [-0.15, -0.1) is 24.0 Å². The minimum absolute atomic E-state index is 0. The van der Waals surface area contributed by atoms with E-state index in [1.165, 1.54) is 18.6 Å². The van der Waals surface area contributed by atoms with Crippen LogP contribution in [0.25, 0.3) is 0 Å². The zero-order valence-electron chi connectivity index (χ0n) is 19.2. The van der Waals surface area contributed by atoms with Crippen LogP contribution < -0.4 is 10.2 Å². The number of hydrogen-bond donors (Lipinski definition) is 1. The maximum absolute atomic E-state index is 13.2. The highest BCUT2D eigenvalue weighted by Crippen LogP contribution is 2.17. The number of hydrogen-bond acceptors (Lipinski definition) is 3. The number of aliphatic imine (C=N–C) groups is 1. The predicted molar refractivity (Wildman–Crippen MR) is 142 cm³/mol. The van der Waals surface area contributed by atoms with Crippen LogP contribution in [0, 0.1) is 5.82 Å². The lowest BCUT2D eigenvalue weighted by Crippen LogP contribution is -2.52. The zero-order chi connectivity index (χ0) is 22.3. The Hall–Kier alpha value is -2.36. The van der Waals surface area contributed by atoms with Crippen LogP contribution in [0.5, 0.6) is 0 Å². The first-order valence-corrected chi connectivity index (χ1v) is 11.5. The Morgan fingerprint density at radius 3 is 2.12 bits per heavy atom. The van der Waals surface area contributed by atoms with Gasteiger partial charge in [0.25, 0.3) is 5.91 Å². The van der Waals surface area contributed by atoms with Gasteiger partial charge in [-0.2, -0.15) is 0 Å². The Morgan fingerprint density at radius 1 is 0.879 bits per heavy atom. The highest BCUT2D eigenvalue weighted by atomic mass is 127. The SMILES string of the molecule is CN=C(NCc1ccc(C(=O)N2CCCCC2)cc1)N1CCN(c2ccc(F)cc2)CC1.I. The first-order chi connectivity index (χ1) is 15.6. The molecule has 0 spiro atoms. The van der Waals surface area contributed by atoms with Gasteiger partial charge in [-0.25, -0.2) is 4.39 Å². The van der Waals surface area contributed by atoms with Crippen molar-refractivity contribution in [2.45, 2.75) is 25.8 Å². The smallest absolute Gasteiger partial charge is 0.253 e. The van der Waals surface area contributed by atoms with Crippen LogP contribution in [0.2, 0.25) is 0 Å².